The first-order valence-corrected chi connectivity index (χ1v) is 5.54. The van der Waals surface area contributed by atoms with Gasteiger partial charge in [-0.05, 0) is 44.4 Å². The molecule has 0 aliphatic heterocycles. The predicted octanol–water partition coefficient (Wildman–Crippen LogP) is 2.84. The fraction of sp³-hybridized carbons (Fsp3) is 0.417. The third kappa shape index (κ3) is 1.58. The average Bonchev–Trinajstić information content (AvgIpc) is 2.50. The average molecular weight is 201 g/mol. The van der Waals surface area contributed by atoms with Gasteiger partial charge in [-0.2, -0.15) is 0 Å². The van der Waals surface area contributed by atoms with Crippen molar-refractivity contribution in [2.45, 2.75) is 32.2 Å². The van der Waals surface area contributed by atoms with Crippen molar-refractivity contribution in [3.8, 4) is 0 Å². The molecule has 3 rings (SSSR count). The monoisotopic (exact) mass is 201 g/mol. The molecule has 1 saturated carbocycles. The van der Waals surface area contributed by atoms with E-state index in [9.17, 15) is 0 Å². The Kier molecular flexibility index (Phi) is 1.91. The van der Waals surface area contributed by atoms with Crippen LogP contribution in [0.4, 0.5) is 5.69 Å². The summed E-state index contributed by atoms with van der Waals surface area (Å²) in [4.78, 5) is 7.64. The summed E-state index contributed by atoms with van der Waals surface area (Å²) in [6, 6.07) is 7.01. The quantitative estimate of drug-likeness (QED) is 0.784. The number of nitrogens with zero attached hydrogens (tertiary/aromatic N) is 1. The lowest BCUT2D eigenvalue weighted by Crippen LogP contribution is -2.26. The van der Waals surface area contributed by atoms with Gasteiger partial charge in [-0.15, -0.1) is 0 Å². The molecule has 1 aromatic heterocycles. The molecule has 0 radical (unpaired) electrons. The Morgan fingerprint density at radius 1 is 1.40 bits per heavy atom. The van der Waals surface area contributed by atoms with Crippen LogP contribution in [0, 0.1) is 6.92 Å². The van der Waals surface area contributed by atoms with Crippen molar-refractivity contribution >= 4 is 16.7 Å². The first-order chi connectivity index (χ1) is 7.31. The number of aryl methyl sites for hydroxylation is 1. The van der Waals surface area contributed by atoms with Crippen LogP contribution >= 0.6 is 0 Å². The summed E-state index contributed by atoms with van der Waals surface area (Å²) < 4.78 is 0. The summed E-state index contributed by atoms with van der Waals surface area (Å²) in [7, 11) is 0. The van der Waals surface area contributed by atoms with Crippen molar-refractivity contribution in [1.82, 2.24) is 9.97 Å². The molecule has 3 heteroatoms. The van der Waals surface area contributed by atoms with Crippen LogP contribution in [0.2, 0.25) is 0 Å². The van der Waals surface area contributed by atoms with Gasteiger partial charge in [0.15, 0.2) is 0 Å². The van der Waals surface area contributed by atoms with Gasteiger partial charge in [-0.25, -0.2) is 4.98 Å². The second-order valence-electron chi connectivity index (χ2n) is 4.33. The molecule has 1 aliphatic carbocycles. The van der Waals surface area contributed by atoms with E-state index in [-0.39, 0.29) is 0 Å². The van der Waals surface area contributed by atoms with Gasteiger partial charge in [0, 0.05) is 11.7 Å². The second-order valence-corrected chi connectivity index (χ2v) is 4.33. The van der Waals surface area contributed by atoms with Crippen LogP contribution in [0.15, 0.2) is 18.2 Å². The van der Waals surface area contributed by atoms with Gasteiger partial charge >= 0.3 is 0 Å². The minimum atomic E-state index is 0.687. The highest BCUT2D eigenvalue weighted by Gasteiger charge is 2.16. The maximum Gasteiger partial charge on any atom is 0.104 e. The fourth-order valence-electron chi connectivity index (χ4n) is 2.02. The molecular formula is C12H15N3. The number of aromatic amines is 1. The highest BCUT2D eigenvalue weighted by molar-refractivity contribution is 5.79. The van der Waals surface area contributed by atoms with Gasteiger partial charge in [-0.1, -0.05) is 0 Å². The van der Waals surface area contributed by atoms with Crippen molar-refractivity contribution < 1.29 is 0 Å². The number of hydrogen-bond donors (Lipinski definition) is 2. The van der Waals surface area contributed by atoms with E-state index in [1.165, 1.54) is 24.9 Å². The highest BCUT2D eigenvalue weighted by atomic mass is 14.9. The Labute approximate surface area is 88.9 Å². The maximum absolute atomic E-state index is 4.38. The highest BCUT2D eigenvalue weighted by Crippen LogP contribution is 2.24. The van der Waals surface area contributed by atoms with Crippen molar-refractivity contribution in [3.05, 3.63) is 24.0 Å². The van der Waals surface area contributed by atoms with Crippen LogP contribution in [0.25, 0.3) is 11.0 Å². The van der Waals surface area contributed by atoms with E-state index in [1.54, 1.807) is 0 Å². The van der Waals surface area contributed by atoms with Crippen molar-refractivity contribution in [1.29, 1.82) is 0 Å². The number of nitrogens with one attached hydrogen (secondary N) is 2. The largest absolute Gasteiger partial charge is 0.382 e. The lowest BCUT2D eigenvalue weighted by Gasteiger charge is -2.27. The molecule has 0 unspecified atom stereocenters. The van der Waals surface area contributed by atoms with Crippen LogP contribution in [0.5, 0.6) is 0 Å². The van der Waals surface area contributed by atoms with E-state index in [2.05, 4.69) is 33.5 Å². The van der Waals surface area contributed by atoms with E-state index in [1.807, 2.05) is 6.92 Å². The third-order valence-electron chi connectivity index (χ3n) is 3.08. The molecule has 0 bridgehead atoms. The van der Waals surface area contributed by atoms with Crippen LogP contribution < -0.4 is 5.32 Å². The lowest BCUT2D eigenvalue weighted by atomic mass is 9.93. The Hall–Kier alpha value is -1.51. The van der Waals surface area contributed by atoms with E-state index >= 15 is 0 Å². The molecule has 15 heavy (non-hydrogen) atoms. The molecule has 2 aromatic rings. The van der Waals surface area contributed by atoms with E-state index in [0.717, 1.165) is 16.9 Å². The molecule has 78 valence electrons. The van der Waals surface area contributed by atoms with Crippen LogP contribution in [0.1, 0.15) is 25.1 Å². The molecule has 1 fully saturated rings. The zero-order chi connectivity index (χ0) is 10.3. The normalized spacial score (nSPS) is 16.6. The minimum absolute atomic E-state index is 0.687. The maximum atomic E-state index is 4.38. The molecule has 1 aliphatic rings. The first kappa shape index (κ1) is 8.77. The Morgan fingerprint density at radius 3 is 3.00 bits per heavy atom. The minimum Gasteiger partial charge on any atom is -0.382 e. The van der Waals surface area contributed by atoms with Crippen LogP contribution in [-0.4, -0.2) is 16.0 Å². The molecule has 1 aromatic carbocycles. The molecule has 0 spiro atoms. The molecule has 1 heterocycles. The van der Waals surface area contributed by atoms with Gasteiger partial charge in [0.05, 0.1) is 11.0 Å². The standard InChI is InChI=1S/C12H15N3/c1-8-13-11-6-5-10(7-12(11)14-8)15-9-3-2-4-9/h5-7,9,15H,2-4H2,1H3,(H,13,14). The van der Waals surface area contributed by atoms with E-state index < -0.39 is 0 Å². The van der Waals surface area contributed by atoms with Gasteiger partial charge in [-0.3, -0.25) is 0 Å². The summed E-state index contributed by atoms with van der Waals surface area (Å²) in [6.07, 6.45) is 3.98. The summed E-state index contributed by atoms with van der Waals surface area (Å²) in [5, 5.41) is 3.53. The Bertz CT molecular complexity index is 483. The third-order valence-corrected chi connectivity index (χ3v) is 3.08. The number of anilines is 1. The molecule has 0 atom stereocenters. The van der Waals surface area contributed by atoms with Crippen LogP contribution in [0.3, 0.4) is 0 Å². The van der Waals surface area contributed by atoms with Gasteiger partial charge in [0.2, 0.25) is 0 Å². The lowest BCUT2D eigenvalue weighted by molar-refractivity contribution is 0.445. The predicted molar refractivity (Wildman–Crippen MR) is 62.1 cm³/mol. The smallest absolute Gasteiger partial charge is 0.104 e. The Balaban J connectivity index is 1.90. The number of aromatic nitrogens is 2. The number of fused-ring (bicyclic) bond motifs is 1. The summed E-state index contributed by atoms with van der Waals surface area (Å²) >= 11 is 0. The molecule has 2 N–H and O–H groups in total. The summed E-state index contributed by atoms with van der Waals surface area (Å²) in [6.45, 7) is 1.99. The molecule has 0 saturated heterocycles. The van der Waals surface area contributed by atoms with Crippen LogP contribution in [-0.2, 0) is 0 Å². The van der Waals surface area contributed by atoms with E-state index in [0.29, 0.717) is 6.04 Å². The number of H-pyrrole nitrogens is 1. The first-order valence-electron chi connectivity index (χ1n) is 5.54. The molecule has 3 nitrogen and oxygen atoms in total. The topological polar surface area (TPSA) is 40.7 Å². The van der Waals surface area contributed by atoms with Gasteiger partial charge in [0.1, 0.15) is 5.82 Å². The van der Waals surface area contributed by atoms with Crippen molar-refractivity contribution in [2.24, 2.45) is 0 Å². The van der Waals surface area contributed by atoms with E-state index in [4.69, 9.17) is 0 Å². The van der Waals surface area contributed by atoms with Gasteiger partial charge in [0.25, 0.3) is 0 Å². The number of benzene rings is 1. The zero-order valence-corrected chi connectivity index (χ0v) is 8.88. The zero-order valence-electron chi connectivity index (χ0n) is 8.88. The molecular weight excluding hydrogens is 186 g/mol. The summed E-state index contributed by atoms with van der Waals surface area (Å²) in [5.74, 6) is 0.978. The van der Waals surface area contributed by atoms with Crippen molar-refractivity contribution in [2.75, 3.05) is 5.32 Å². The van der Waals surface area contributed by atoms with Crippen molar-refractivity contribution in [3.63, 3.8) is 0 Å². The number of rotatable bonds is 2. The number of hydrogen-bond acceptors (Lipinski definition) is 2. The summed E-state index contributed by atoms with van der Waals surface area (Å²) in [5.41, 5.74) is 3.37. The Morgan fingerprint density at radius 2 is 2.27 bits per heavy atom. The SMILES string of the molecule is Cc1nc2ccc(NC3CCC3)cc2[nH]1. The molecule has 0 amide bonds. The van der Waals surface area contributed by atoms with Gasteiger partial charge < -0.3 is 10.3 Å². The second kappa shape index (κ2) is 3.26. The number of imidazole rings is 1. The fourth-order valence-corrected chi connectivity index (χ4v) is 2.02.